The Kier molecular flexibility index (Phi) is 4.84. The average molecular weight is 284 g/mol. The summed E-state index contributed by atoms with van der Waals surface area (Å²) in [6, 6.07) is 10.7. The van der Waals surface area contributed by atoms with Gasteiger partial charge < -0.3 is 10.1 Å². The van der Waals surface area contributed by atoms with Crippen LogP contribution in [0.1, 0.15) is 36.9 Å². The Bertz CT molecular complexity index is 591. The van der Waals surface area contributed by atoms with Crippen molar-refractivity contribution in [3.8, 4) is 0 Å². The maximum atomic E-state index is 5.85. The van der Waals surface area contributed by atoms with E-state index < -0.39 is 0 Å². The van der Waals surface area contributed by atoms with Gasteiger partial charge in [-0.05, 0) is 43.5 Å². The third kappa shape index (κ3) is 4.02. The molecule has 0 atom stereocenters. The van der Waals surface area contributed by atoms with E-state index >= 15 is 0 Å². The second kappa shape index (κ2) is 7.01. The van der Waals surface area contributed by atoms with E-state index in [-0.39, 0.29) is 0 Å². The molecule has 112 valence electrons. The van der Waals surface area contributed by atoms with Crippen molar-refractivity contribution < 1.29 is 4.74 Å². The van der Waals surface area contributed by atoms with Crippen molar-refractivity contribution in [3.05, 3.63) is 41.6 Å². The number of aryl methyl sites for hydroxylation is 1. The maximum absolute atomic E-state index is 5.85. The van der Waals surface area contributed by atoms with Crippen molar-refractivity contribution in [2.75, 3.05) is 13.2 Å². The first-order valence-electron chi connectivity index (χ1n) is 8.00. The number of aromatic nitrogens is 1. The molecule has 0 aliphatic heterocycles. The Hall–Kier alpha value is -1.45. The zero-order chi connectivity index (χ0) is 14.5. The van der Waals surface area contributed by atoms with E-state index in [1.807, 2.05) is 6.92 Å². The molecular weight excluding hydrogens is 260 g/mol. The highest BCUT2D eigenvalue weighted by atomic mass is 16.5. The molecule has 1 N–H and O–H groups in total. The zero-order valence-electron chi connectivity index (χ0n) is 12.8. The third-order valence-corrected chi connectivity index (χ3v) is 4.16. The lowest BCUT2D eigenvalue weighted by Gasteiger charge is -2.11. The summed E-state index contributed by atoms with van der Waals surface area (Å²) in [7, 11) is 0. The van der Waals surface area contributed by atoms with Crippen LogP contribution in [0.3, 0.4) is 0 Å². The molecule has 0 bridgehead atoms. The summed E-state index contributed by atoms with van der Waals surface area (Å²) in [6.07, 6.45) is 5.68. The summed E-state index contributed by atoms with van der Waals surface area (Å²) < 4.78 is 5.85. The number of ether oxygens (including phenoxy) is 1. The van der Waals surface area contributed by atoms with E-state index in [0.717, 1.165) is 30.9 Å². The van der Waals surface area contributed by atoms with Crippen LogP contribution >= 0.6 is 0 Å². The van der Waals surface area contributed by atoms with Crippen LogP contribution in [-0.4, -0.2) is 24.2 Å². The molecule has 0 spiro atoms. The van der Waals surface area contributed by atoms with Gasteiger partial charge in [-0.2, -0.15) is 0 Å². The van der Waals surface area contributed by atoms with Crippen molar-refractivity contribution in [1.82, 2.24) is 10.3 Å². The summed E-state index contributed by atoms with van der Waals surface area (Å²) >= 11 is 0. The van der Waals surface area contributed by atoms with Crippen molar-refractivity contribution in [3.63, 3.8) is 0 Å². The van der Waals surface area contributed by atoms with Gasteiger partial charge in [-0.3, -0.25) is 4.98 Å². The monoisotopic (exact) mass is 284 g/mol. The number of nitrogens with one attached hydrogen (secondary N) is 1. The smallest absolute Gasteiger partial charge is 0.0705 e. The minimum Gasteiger partial charge on any atom is -0.377 e. The van der Waals surface area contributed by atoms with Gasteiger partial charge in [0.2, 0.25) is 0 Å². The van der Waals surface area contributed by atoms with Gasteiger partial charge in [0.15, 0.2) is 0 Å². The van der Waals surface area contributed by atoms with Gasteiger partial charge in [-0.25, -0.2) is 0 Å². The predicted octanol–water partition coefficient (Wildman–Crippen LogP) is 3.59. The van der Waals surface area contributed by atoms with Gasteiger partial charge in [0, 0.05) is 24.2 Å². The highest BCUT2D eigenvalue weighted by Crippen LogP contribution is 2.20. The number of rotatable bonds is 6. The topological polar surface area (TPSA) is 34.1 Å². The predicted molar refractivity (Wildman–Crippen MR) is 86.4 cm³/mol. The summed E-state index contributed by atoms with van der Waals surface area (Å²) in [5.41, 5.74) is 3.44. The summed E-state index contributed by atoms with van der Waals surface area (Å²) in [4.78, 5) is 4.53. The van der Waals surface area contributed by atoms with Crippen molar-refractivity contribution in [2.24, 2.45) is 0 Å². The van der Waals surface area contributed by atoms with Crippen LogP contribution in [0.15, 0.2) is 30.3 Å². The Morgan fingerprint density at radius 2 is 2.05 bits per heavy atom. The van der Waals surface area contributed by atoms with Gasteiger partial charge in [0.25, 0.3) is 0 Å². The van der Waals surface area contributed by atoms with Crippen LogP contribution < -0.4 is 5.32 Å². The van der Waals surface area contributed by atoms with Gasteiger partial charge >= 0.3 is 0 Å². The molecule has 1 aromatic carbocycles. The number of fused-ring (bicyclic) bond motifs is 1. The Labute approximate surface area is 126 Å². The van der Waals surface area contributed by atoms with Crippen molar-refractivity contribution in [1.29, 1.82) is 0 Å². The first-order chi connectivity index (χ1) is 10.3. The molecule has 1 fully saturated rings. The molecule has 3 nitrogen and oxygen atoms in total. The number of hydrogen-bond donors (Lipinski definition) is 1. The lowest BCUT2D eigenvalue weighted by Crippen LogP contribution is -2.21. The minimum absolute atomic E-state index is 0.516. The van der Waals surface area contributed by atoms with Gasteiger partial charge in [-0.1, -0.05) is 25.0 Å². The van der Waals surface area contributed by atoms with E-state index in [4.69, 9.17) is 4.74 Å². The molecule has 0 radical (unpaired) electrons. The normalized spacial score (nSPS) is 15.9. The number of nitrogens with zero attached hydrogens (tertiary/aromatic N) is 1. The van der Waals surface area contributed by atoms with Crippen molar-refractivity contribution >= 4 is 10.9 Å². The number of benzene rings is 1. The van der Waals surface area contributed by atoms with Crippen LogP contribution in [0.25, 0.3) is 10.9 Å². The molecule has 3 heteroatoms. The third-order valence-electron chi connectivity index (χ3n) is 4.16. The van der Waals surface area contributed by atoms with Crippen LogP contribution in [-0.2, 0) is 11.3 Å². The number of hydrogen-bond acceptors (Lipinski definition) is 3. The molecular formula is C18H24N2O. The molecule has 0 saturated heterocycles. The number of pyridine rings is 1. The molecule has 2 aromatic rings. The maximum Gasteiger partial charge on any atom is 0.0705 e. The molecule has 1 aliphatic carbocycles. The highest BCUT2D eigenvalue weighted by Gasteiger charge is 2.14. The Balaban J connectivity index is 1.45. The first kappa shape index (κ1) is 14.5. The molecule has 21 heavy (non-hydrogen) atoms. The van der Waals surface area contributed by atoms with E-state index in [0.29, 0.717) is 6.10 Å². The van der Waals surface area contributed by atoms with E-state index in [2.05, 4.69) is 40.6 Å². The fourth-order valence-corrected chi connectivity index (χ4v) is 2.97. The Morgan fingerprint density at radius 1 is 1.19 bits per heavy atom. The van der Waals surface area contributed by atoms with Crippen LogP contribution in [0.4, 0.5) is 0 Å². The summed E-state index contributed by atoms with van der Waals surface area (Å²) in [5, 5.41) is 4.67. The molecule has 1 aliphatic rings. The van der Waals surface area contributed by atoms with Crippen LogP contribution in [0.5, 0.6) is 0 Å². The first-order valence-corrected chi connectivity index (χ1v) is 8.00. The fourth-order valence-electron chi connectivity index (χ4n) is 2.97. The molecule has 3 rings (SSSR count). The highest BCUT2D eigenvalue weighted by molar-refractivity contribution is 5.79. The van der Waals surface area contributed by atoms with Crippen molar-refractivity contribution in [2.45, 2.75) is 45.3 Å². The fraction of sp³-hybridized carbons (Fsp3) is 0.500. The van der Waals surface area contributed by atoms with Gasteiger partial charge in [0.05, 0.1) is 18.2 Å². The van der Waals surface area contributed by atoms with Crippen LogP contribution in [0.2, 0.25) is 0 Å². The SMILES string of the molecule is Cc1ccc2cc(CNCCOC3CCCC3)ccc2n1. The average Bonchev–Trinajstić information content (AvgIpc) is 3.00. The lowest BCUT2D eigenvalue weighted by atomic mass is 10.1. The minimum atomic E-state index is 0.516. The Morgan fingerprint density at radius 3 is 2.90 bits per heavy atom. The second-order valence-electron chi connectivity index (χ2n) is 5.93. The summed E-state index contributed by atoms with van der Waals surface area (Å²) in [5.74, 6) is 0. The molecule has 1 aromatic heterocycles. The standard InChI is InChI=1S/C18H24N2O/c1-14-6-8-16-12-15(7-9-18(16)20-14)13-19-10-11-21-17-4-2-3-5-17/h6-9,12,17,19H,2-5,10-11,13H2,1H3. The quantitative estimate of drug-likeness (QED) is 0.823. The molecule has 0 amide bonds. The largest absolute Gasteiger partial charge is 0.377 e. The van der Waals surface area contributed by atoms with Gasteiger partial charge in [-0.15, -0.1) is 0 Å². The van der Waals surface area contributed by atoms with E-state index in [9.17, 15) is 0 Å². The zero-order valence-corrected chi connectivity index (χ0v) is 12.8. The van der Waals surface area contributed by atoms with Crippen LogP contribution in [0, 0.1) is 6.92 Å². The second-order valence-corrected chi connectivity index (χ2v) is 5.93. The molecule has 1 saturated carbocycles. The van der Waals surface area contributed by atoms with E-state index in [1.54, 1.807) is 0 Å². The lowest BCUT2D eigenvalue weighted by molar-refractivity contribution is 0.0603. The van der Waals surface area contributed by atoms with Gasteiger partial charge in [0.1, 0.15) is 0 Å². The van der Waals surface area contributed by atoms with E-state index in [1.165, 1.54) is 36.6 Å². The summed E-state index contributed by atoms with van der Waals surface area (Å²) in [6.45, 7) is 4.65. The molecule has 1 heterocycles. The molecule has 0 unspecified atom stereocenters.